The molecule has 3 rings (SSSR count). The molecule has 0 radical (unpaired) electrons. The predicted molar refractivity (Wildman–Crippen MR) is 96.7 cm³/mol. The average Bonchev–Trinajstić information content (AvgIpc) is 3.14. The monoisotopic (exact) mass is 362 g/mol. The van der Waals surface area contributed by atoms with Gasteiger partial charge in [-0.25, -0.2) is 9.59 Å². The predicted octanol–water partition coefficient (Wildman–Crippen LogP) is 3.58. The molecule has 2 amide bonds. The molecule has 26 heavy (non-hydrogen) atoms. The van der Waals surface area contributed by atoms with Crippen molar-refractivity contribution in [3.05, 3.63) is 24.3 Å². The lowest BCUT2D eigenvalue weighted by Crippen LogP contribution is -2.51. The molecule has 1 heterocycles. The number of rotatable bonds is 3. The number of anilines is 1. The van der Waals surface area contributed by atoms with Crippen LogP contribution in [0, 0.1) is 5.92 Å². The summed E-state index contributed by atoms with van der Waals surface area (Å²) in [5.41, 5.74) is 0.131. The van der Waals surface area contributed by atoms with E-state index < -0.39 is 17.8 Å². The van der Waals surface area contributed by atoms with Crippen LogP contribution in [-0.4, -0.2) is 53.5 Å². The molecule has 1 aliphatic carbocycles. The Morgan fingerprint density at radius 1 is 1.19 bits per heavy atom. The van der Waals surface area contributed by atoms with Gasteiger partial charge in [0.05, 0.1) is 7.11 Å². The van der Waals surface area contributed by atoms with Crippen molar-refractivity contribution in [3.63, 3.8) is 0 Å². The van der Waals surface area contributed by atoms with Gasteiger partial charge in [0.25, 0.3) is 0 Å². The summed E-state index contributed by atoms with van der Waals surface area (Å²) in [5, 5.41) is 9.30. The van der Waals surface area contributed by atoms with E-state index in [9.17, 15) is 14.7 Å². The number of ether oxygens (including phenoxy) is 2. The fraction of sp³-hybridized carbons (Fsp3) is 0.579. The van der Waals surface area contributed by atoms with E-state index in [1.165, 1.54) is 4.90 Å². The molecule has 3 atom stereocenters. The largest absolute Gasteiger partial charge is 0.497 e. The van der Waals surface area contributed by atoms with Crippen LogP contribution in [0.3, 0.4) is 0 Å². The van der Waals surface area contributed by atoms with Gasteiger partial charge >= 0.3 is 12.2 Å². The van der Waals surface area contributed by atoms with Crippen LogP contribution >= 0.6 is 0 Å². The van der Waals surface area contributed by atoms with Crippen LogP contribution < -0.4 is 9.64 Å². The second-order valence-corrected chi connectivity index (χ2v) is 7.94. The third kappa shape index (κ3) is 3.57. The van der Waals surface area contributed by atoms with Crippen LogP contribution in [0.15, 0.2) is 24.3 Å². The Balaban J connectivity index is 1.87. The minimum Gasteiger partial charge on any atom is -0.497 e. The molecule has 1 saturated heterocycles. The molecule has 3 unspecified atom stereocenters. The quantitative estimate of drug-likeness (QED) is 0.889. The lowest BCUT2D eigenvalue weighted by Gasteiger charge is -2.38. The molecule has 2 bridgehead atoms. The van der Waals surface area contributed by atoms with Crippen LogP contribution in [-0.2, 0) is 4.74 Å². The van der Waals surface area contributed by atoms with Crippen molar-refractivity contribution >= 4 is 17.9 Å². The number of likely N-dealkylation sites (tertiary alicyclic amines) is 1. The fourth-order valence-corrected chi connectivity index (χ4v) is 3.96. The molecule has 1 aromatic rings. The van der Waals surface area contributed by atoms with Crippen molar-refractivity contribution in [1.82, 2.24) is 4.90 Å². The number of piperidine rings is 1. The van der Waals surface area contributed by atoms with E-state index in [0.717, 1.165) is 12.1 Å². The smallest absolute Gasteiger partial charge is 0.415 e. The van der Waals surface area contributed by atoms with Gasteiger partial charge in [0.15, 0.2) is 0 Å². The number of amides is 2. The third-order valence-corrected chi connectivity index (χ3v) is 5.02. The summed E-state index contributed by atoms with van der Waals surface area (Å²) in [7, 11) is 1.59. The Labute approximate surface area is 153 Å². The van der Waals surface area contributed by atoms with Gasteiger partial charge in [0.2, 0.25) is 0 Å². The van der Waals surface area contributed by atoms with Crippen LogP contribution in [0.5, 0.6) is 5.75 Å². The number of carboxylic acid groups (broad SMARTS) is 1. The first-order valence-corrected chi connectivity index (χ1v) is 8.85. The van der Waals surface area contributed by atoms with Crippen LogP contribution in [0.25, 0.3) is 0 Å². The minimum atomic E-state index is -0.885. The summed E-state index contributed by atoms with van der Waals surface area (Å²) in [5.74, 6) is 0.827. The van der Waals surface area contributed by atoms with E-state index in [-0.39, 0.29) is 18.0 Å². The molecule has 7 heteroatoms. The molecule has 1 saturated carbocycles. The number of carbonyl (C=O) groups is 2. The zero-order valence-corrected chi connectivity index (χ0v) is 15.6. The third-order valence-electron chi connectivity index (χ3n) is 5.02. The van der Waals surface area contributed by atoms with E-state index >= 15 is 0 Å². The maximum atomic E-state index is 12.9. The fourth-order valence-electron chi connectivity index (χ4n) is 3.96. The molecular weight excluding hydrogens is 336 g/mol. The van der Waals surface area contributed by atoms with E-state index in [2.05, 4.69) is 0 Å². The Morgan fingerprint density at radius 3 is 2.31 bits per heavy atom. The first kappa shape index (κ1) is 18.4. The van der Waals surface area contributed by atoms with Crippen molar-refractivity contribution in [2.75, 3.05) is 18.6 Å². The molecular formula is C19H26N2O5. The van der Waals surface area contributed by atoms with Gasteiger partial charge in [-0.05, 0) is 63.8 Å². The summed E-state index contributed by atoms with van der Waals surface area (Å²) in [4.78, 5) is 27.4. The molecule has 1 aromatic carbocycles. The van der Waals surface area contributed by atoms with Crippen molar-refractivity contribution < 1.29 is 24.2 Å². The maximum absolute atomic E-state index is 12.9. The normalized spacial score (nSPS) is 24.5. The lowest BCUT2D eigenvalue weighted by atomic mass is 10.0. The number of fused-ring (bicyclic) bond motifs is 2. The van der Waals surface area contributed by atoms with Gasteiger partial charge in [-0.3, -0.25) is 4.90 Å². The minimum absolute atomic E-state index is 0.0364. The summed E-state index contributed by atoms with van der Waals surface area (Å²) in [6, 6.07) is 7.19. The van der Waals surface area contributed by atoms with E-state index in [0.29, 0.717) is 18.7 Å². The molecule has 2 aliphatic rings. The first-order valence-electron chi connectivity index (χ1n) is 8.85. The number of methoxy groups -OCH3 is 1. The van der Waals surface area contributed by atoms with Gasteiger partial charge in [-0.15, -0.1) is 0 Å². The first-order chi connectivity index (χ1) is 12.2. The molecule has 1 N–H and O–H groups in total. The van der Waals surface area contributed by atoms with Gasteiger partial charge in [0.1, 0.15) is 11.4 Å². The number of benzene rings is 1. The van der Waals surface area contributed by atoms with Crippen molar-refractivity contribution in [1.29, 1.82) is 0 Å². The summed E-state index contributed by atoms with van der Waals surface area (Å²) in [6.45, 7) is 5.97. The van der Waals surface area contributed by atoms with Crippen molar-refractivity contribution in [2.24, 2.45) is 5.92 Å². The highest BCUT2D eigenvalue weighted by atomic mass is 16.6. The highest BCUT2D eigenvalue weighted by Gasteiger charge is 2.50. The molecule has 2 fully saturated rings. The topological polar surface area (TPSA) is 79.3 Å². The van der Waals surface area contributed by atoms with Gasteiger partial charge in [-0.2, -0.15) is 0 Å². The van der Waals surface area contributed by atoms with Crippen molar-refractivity contribution in [3.8, 4) is 5.75 Å². The second kappa shape index (κ2) is 6.70. The van der Waals surface area contributed by atoms with E-state index in [4.69, 9.17) is 9.47 Å². The molecule has 142 valence electrons. The molecule has 7 nitrogen and oxygen atoms in total. The highest BCUT2D eigenvalue weighted by Crippen LogP contribution is 2.42. The summed E-state index contributed by atoms with van der Waals surface area (Å²) >= 11 is 0. The zero-order chi connectivity index (χ0) is 19.1. The maximum Gasteiger partial charge on any atom is 0.415 e. The standard InChI is InChI=1S/C19H26N2O5/c1-19(2,3)26-18(24)21(13-5-7-15(25-4)8-6-13)16-10-14-9-12(16)11-20(14)17(22)23/h5-8,12,14,16H,9-11H2,1-4H3,(H,22,23). The molecule has 1 aliphatic heterocycles. The number of carbonyl (C=O) groups excluding carboxylic acids is 1. The highest BCUT2D eigenvalue weighted by molar-refractivity contribution is 5.89. The van der Waals surface area contributed by atoms with Gasteiger partial charge in [0, 0.05) is 24.3 Å². The lowest BCUT2D eigenvalue weighted by molar-refractivity contribution is 0.0546. The average molecular weight is 362 g/mol. The summed E-state index contributed by atoms with van der Waals surface area (Å²) < 4.78 is 10.8. The summed E-state index contributed by atoms with van der Waals surface area (Å²) in [6.07, 6.45) is 0.126. The Morgan fingerprint density at radius 2 is 1.85 bits per heavy atom. The molecule has 0 spiro atoms. The number of nitrogens with zero attached hydrogens (tertiary/aromatic N) is 2. The Bertz CT molecular complexity index is 682. The van der Waals surface area contributed by atoms with Crippen LogP contribution in [0.1, 0.15) is 33.6 Å². The number of hydrogen-bond acceptors (Lipinski definition) is 4. The van der Waals surface area contributed by atoms with Gasteiger partial charge in [-0.1, -0.05) is 0 Å². The number of hydrogen-bond donors (Lipinski definition) is 1. The Kier molecular flexibility index (Phi) is 4.73. The Hall–Kier alpha value is -2.44. The molecule has 0 aromatic heterocycles. The second-order valence-electron chi connectivity index (χ2n) is 7.94. The van der Waals surface area contributed by atoms with Crippen LogP contribution in [0.4, 0.5) is 15.3 Å². The van der Waals surface area contributed by atoms with E-state index in [1.807, 2.05) is 45.0 Å². The van der Waals surface area contributed by atoms with Gasteiger partial charge < -0.3 is 19.5 Å². The SMILES string of the molecule is COc1ccc(N(C(=O)OC(C)(C)C)C2CC3CC2CN3C(=O)O)cc1. The van der Waals surface area contributed by atoms with Crippen molar-refractivity contribution in [2.45, 2.75) is 51.3 Å². The van der Waals surface area contributed by atoms with E-state index in [1.54, 1.807) is 12.0 Å². The van der Waals surface area contributed by atoms with Crippen LogP contribution in [0.2, 0.25) is 0 Å². The zero-order valence-electron chi connectivity index (χ0n) is 15.6.